The SMILES string of the molecule is O=C(O)CN(CCc1ccccc1)C(=O)C1OCCc2ccccc21. The highest BCUT2D eigenvalue weighted by molar-refractivity contribution is 5.86. The van der Waals surface area contributed by atoms with Crippen molar-refractivity contribution in [3.05, 3.63) is 71.3 Å². The highest BCUT2D eigenvalue weighted by Crippen LogP contribution is 2.28. The summed E-state index contributed by atoms with van der Waals surface area (Å²) in [4.78, 5) is 25.6. The summed E-state index contributed by atoms with van der Waals surface area (Å²) >= 11 is 0. The van der Waals surface area contributed by atoms with E-state index in [1.807, 2.05) is 54.6 Å². The van der Waals surface area contributed by atoms with E-state index in [0.717, 1.165) is 23.1 Å². The van der Waals surface area contributed by atoms with Crippen LogP contribution in [0.2, 0.25) is 0 Å². The molecule has 130 valence electrons. The standard InChI is InChI=1S/C20H21NO4/c22-18(23)14-21(12-10-15-6-2-1-3-7-15)20(24)19-17-9-5-4-8-16(17)11-13-25-19/h1-9,19H,10-14H2,(H,22,23). The lowest BCUT2D eigenvalue weighted by molar-refractivity contribution is -0.151. The van der Waals surface area contributed by atoms with E-state index in [9.17, 15) is 14.7 Å². The molecule has 2 aromatic carbocycles. The number of hydrogen-bond donors (Lipinski definition) is 1. The van der Waals surface area contributed by atoms with Crippen molar-refractivity contribution in [2.45, 2.75) is 18.9 Å². The van der Waals surface area contributed by atoms with Crippen molar-refractivity contribution in [1.29, 1.82) is 0 Å². The molecule has 0 aliphatic carbocycles. The zero-order valence-electron chi connectivity index (χ0n) is 13.9. The number of amides is 1. The fraction of sp³-hybridized carbons (Fsp3) is 0.300. The number of carbonyl (C=O) groups is 2. The van der Waals surface area contributed by atoms with E-state index in [0.29, 0.717) is 19.6 Å². The van der Waals surface area contributed by atoms with Crippen LogP contribution in [0, 0.1) is 0 Å². The van der Waals surface area contributed by atoms with Gasteiger partial charge >= 0.3 is 5.97 Å². The summed E-state index contributed by atoms with van der Waals surface area (Å²) in [6.07, 6.45) is 0.650. The molecule has 0 saturated heterocycles. The van der Waals surface area contributed by atoms with E-state index in [1.165, 1.54) is 4.90 Å². The highest BCUT2D eigenvalue weighted by Gasteiger charge is 2.31. The average Bonchev–Trinajstić information content (AvgIpc) is 2.64. The summed E-state index contributed by atoms with van der Waals surface area (Å²) in [5.74, 6) is -1.31. The lowest BCUT2D eigenvalue weighted by Crippen LogP contribution is -2.42. The number of benzene rings is 2. The van der Waals surface area contributed by atoms with Crippen molar-refractivity contribution >= 4 is 11.9 Å². The van der Waals surface area contributed by atoms with Crippen LogP contribution in [-0.2, 0) is 27.2 Å². The molecule has 1 aliphatic rings. The van der Waals surface area contributed by atoms with Crippen LogP contribution in [0.4, 0.5) is 0 Å². The quantitative estimate of drug-likeness (QED) is 0.878. The Balaban J connectivity index is 1.76. The second-order valence-electron chi connectivity index (χ2n) is 6.09. The third kappa shape index (κ3) is 4.25. The fourth-order valence-electron chi connectivity index (χ4n) is 3.10. The van der Waals surface area contributed by atoms with Crippen LogP contribution >= 0.6 is 0 Å². The molecule has 1 unspecified atom stereocenters. The molecule has 5 nitrogen and oxygen atoms in total. The molecule has 0 saturated carbocycles. The van der Waals surface area contributed by atoms with Crippen LogP contribution < -0.4 is 0 Å². The molecule has 5 heteroatoms. The predicted molar refractivity (Wildman–Crippen MR) is 93.2 cm³/mol. The Kier molecular flexibility index (Phi) is 5.46. The number of hydrogen-bond acceptors (Lipinski definition) is 3. The van der Waals surface area contributed by atoms with E-state index in [4.69, 9.17) is 4.74 Å². The fourth-order valence-corrected chi connectivity index (χ4v) is 3.10. The zero-order chi connectivity index (χ0) is 17.6. The maximum absolute atomic E-state index is 13.0. The third-order valence-corrected chi connectivity index (χ3v) is 4.37. The molecule has 0 radical (unpaired) electrons. The first kappa shape index (κ1) is 17.2. The van der Waals surface area contributed by atoms with Crippen LogP contribution in [0.1, 0.15) is 22.8 Å². The maximum Gasteiger partial charge on any atom is 0.323 e. The summed E-state index contributed by atoms with van der Waals surface area (Å²) in [7, 11) is 0. The minimum atomic E-state index is -1.02. The smallest absolute Gasteiger partial charge is 0.323 e. The second kappa shape index (κ2) is 7.94. The Hall–Kier alpha value is -2.66. The van der Waals surface area contributed by atoms with E-state index in [2.05, 4.69) is 0 Å². The Morgan fingerprint density at radius 3 is 2.56 bits per heavy atom. The highest BCUT2D eigenvalue weighted by atomic mass is 16.5. The van der Waals surface area contributed by atoms with E-state index in [1.54, 1.807) is 0 Å². The molecule has 3 rings (SSSR count). The molecule has 1 amide bonds. The van der Waals surface area contributed by atoms with Gasteiger partial charge in [0.15, 0.2) is 6.10 Å². The summed E-state index contributed by atoms with van der Waals surface area (Å²) < 4.78 is 5.70. The van der Waals surface area contributed by atoms with Crippen LogP contribution in [0.5, 0.6) is 0 Å². The first-order valence-electron chi connectivity index (χ1n) is 8.39. The van der Waals surface area contributed by atoms with Crippen molar-refractivity contribution in [1.82, 2.24) is 4.90 Å². The van der Waals surface area contributed by atoms with E-state index < -0.39 is 12.1 Å². The maximum atomic E-state index is 13.0. The van der Waals surface area contributed by atoms with Crippen LogP contribution in [0.3, 0.4) is 0 Å². The van der Waals surface area contributed by atoms with Crippen molar-refractivity contribution in [3.8, 4) is 0 Å². The number of ether oxygens (including phenoxy) is 1. The summed E-state index contributed by atoms with van der Waals surface area (Å²) in [5, 5.41) is 9.19. The lowest BCUT2D eigenvalue weighted by Gasteiger charge is -2.30. The topological polar surface area (TPSA) is 66.8 Å². The van der Waals surface area contributed by atoms with Gasteiger partial charge in [-0.3, -0.25) is 9.59 Å². The Labute approximate surface area is 146 Å². The summed E-state index contributed by atoms with van der Waals surface area (Å²) in [5.41, 5.74) is 3.00. The van der Waals surface area contributed by atoms with Crippen molar-refractivity contribution in [3.63, 3.8) is 0 Å². The molecular formula is C20H21NO4. The monoisotopic (exact) mass is 339 g/mol. The van der Waals surface area contributed by atoms with Crippen molar-refractivity contribution in [2.24, 2.45) is 0 Å². The molecule has 0 aromatic heterocycles. The average molecular weight is 339 g/mol. The minimum Gasteiger partial charge on any atom is -0.480 e. The second-order valence-corrected chi connectivity index (χ2v) is 6.09. The Morgan fingerprint density at radius 1 is 1.08 bits per heavy atom. The third-order valence-electron chi connectivity index (χ3n) is 4.37. The predicted octanol–water partition coefficient (Wildman–Crippen LogP) is 2.46. The molecule has 1 atom stereocenters. The number of carbonyl (C=O) groups excluding carboxylic acids is 1. The number of carboxylic acid groups (broad SMARTS) is 1. The van der Waals surface area contributed by atoms with Gasteiger partial charge in [-0.05, 0) is 29.5 Å². The van der Waals surface area contributed by atoms with Crippen molar-refractivity contribution < 1.29 is 19.4 Å². The van der Waals surface area contributed by atoms with Crippen LogP contribution in [0.25, 0.3) is 0 Å². The van der Waals surface area contributed by atoms with Gasteiger partial charge in [-0.1, -0.05) is 54.6 Å². The van der Waals surface area contributed by atoms with Gasteiger partial charge in [0.1, 0.15) is 6.54 Å². The molecule has 25 heavy (non-hydrogen) atoms. The normalized spacial score (nSPS) is 16.1. The first-order valence-corrected chi connectivity index (χ1v) is 8.39. The lowest BCUT2D eigenvalue weighted by atomic mass is 9.96. The Bertz CT molecular complexity index is 744. The summed E-state index contributed by atoms with van der Waals surface area (Å²) in [6.45, 7) is 0.484. The van der Waals surface area contributed by atoms with Gasteiger partial charge in [0.2, 0.25) is 0 Å². The van der Waals surface area contributed by atoms with Gasteiger partial charge < -0.3 is 14.7 Å². The molecule has 1 heterocycles. The first-order chi connectivity index (χ1) is 12.1. The minimum absolute atomic E-state index is 0.287. The molecular weight excluding hydrogens is 318 g/mol. The van der Waals surface area contributed by atoms with Gasteiger partial charge in [-0.2, -0.15) is 0 Å². The van der Waals surface area contributed by atoms with Gasteiger partial charge in [0.25, 0.3) is 5.91 Å². The van der Waals surface area contributed by atoms with Gasteiger partial charge in [-0.15, -0.1) is 0 Å². The van der Waals surface area contributed by atoms with Gasteiger partial charge in [-0.25, -0.2) is 0 Å². The molecule has 0 fully saturated rings. The van der Waals surface area contributed by atoms with Gasteiger partial charge in [0.05, 0.1) is 6.61 Å². The molecule has 1 N–H and O–H groups in total. The van der Waals surface area contributed by atoms with E-state index >= 15 is 0 Å². The van der Waals surface area contributed by atoms with E-state index in [-0.39, 0.29) is 12.5 Å². The largest absolute Gasteiger partial charge is 0.480 e. The number of nitrogens with zero attached hydrogens (tertiary/aromatic N) is 1. The number of carboxylic acids is 1. The molecule has 1 aliphatic heterocycles. The molecule has 2 aromatic rings. The molecule has 0 spiro atoms. The van der Waals surface area contributed by atoms with Gasteiger partial charge in [0, 0.05) is 6.54 Å². The number of fused-ring (bicyclic) bond motifs is 1. The number of rotatable bonds is 6. The van der Waals surface area contributed by atoms with Crippen molar-refractivity contribution in [2.75, 3.05) is 19.7 Å². The number of aliphatic carboxylic acids is 1. The zero-order valence-corrected chi connectivity index (χ0v) is 13.9. The Morgan fingerprint density at radius 2 is 1.80 bits per heavy atom. The van der Waals surface area contributed by atoms with Crippen LogP contribution in [0.15, 0.2) is 54.6 Å². The molecule has 0 bridgehead atoms. The van der Waals surface area contributed by atoms with Crippen LogP contribution in [-0.4, -0.2) is 41.6 Å². The summed E-state index contributed by atoms with van der Waals surface area (Å²) in [6, 6.07) is 17.4.